The lowest BCUT2D eigenvalue weighted by atomic mass is 9.93. The van der Waals surface area contributed by atoms with E-state index < -0.39 is 0 Å². The first-order valence-electron chi connectivity index (χ1n) is 5.66. The Hall–Kier alpha value is -0.310. The largest absolute Gasteiger partial charge is 0.719 e. The summed E-state index contributed by atoms with van der Waals surface area (Å²) in [6.07, 6.45) is 7.11. The van der Waals surface area contributed by atoms with Crippen molar-refractivity contribution in [2.45, 2.75) is 64.5 Å². The molecular formula is C11H20NOS-. The molecule has 82 valence electrons. The van der Waals surface area contributed by atoms with Crippen LogP contribution in [-0.2, 0) is 12.6 Å². The van der Waals surface area contributed by atoms with Gasteiger partial charge in [-0.3, -0.25) is 0 Å². The van der Waals surface area contributed by atoms with E-state index in [9.17, 15) is 4.79 Å². The summed E-state index contributed by atoms with van der Waals surface area (Å²) in [5.41, 5.74) is 0. The molecule has 0 heterocycles. The number of amides is 1. The molecular weight excluding hydrogens is 194 g/mol. The topological polar surface area (TPSA) is 20.3 Å². The molecule has 0 N–H and O–H groups in total. The Morgan fingerprint density at radius 3 is 2.43 bits per heavy atom. The van der Waals surface area contributed by atoms with Crippen molar-refractivity contribution in [3.63, 3.8) is 0 Å². The van der Waals surface area contributed by atoms with Crippen LogP contribution in [0.15, 0.2) is 0 Å². The number of carbonyl (C=O) groups excluding carboxylic acids is 1. The van der Waals surface area contributed by atoms with Gasteiger partial charge in [-0.25, -0.2) is 0 Å². The van der Waals surface area contributed by atoms with Gasteiger partial charge in [-0.15, -0.1) is 0 Å². The molecule has 1 saturated carbocycles. The monoisotopic (exact) mass is 214 g/mol. The van der Waals surface area contributed by atoms with E-state index in [4.69, 9.17) is 12.6 Å². The summed E-state index contributed by atoms with van der Waals surface area (Å²) in [5, 5.41) is -0.161. The molecule has 0 spiro atoms. The lowest BCUT2D eigenvalue weighted by Crippen LogP contribution is -2.45. The Kier molecular flexibility index (Phi) is 4.66. The predicted molar refractivity (Wildman–Crippen MR) is 61.2 cm³/mol. The molecule has 0 unspecified atom stereocenters. The van der Waals surface area contributed by atoms with E-state index in [-0.39, 0.29) is 5.24 Å². The van der Waals surface area contributed by atoms with Gasteiger partial charge in [0.15, 0.2) is 0 Å². The van der Waals surface area contributed by atoms with Gasteiger partial charge in [0, 0.05) is 12.1 Å². The molecule has 0 aromatic rings. The van der Waals surface area contributed by atoms with Crippen LogP contribution in [-0.4, -0.2) is 22.2 Å². The fourth-order valence-corrected chi connectivity index (χ4v) is 2.57. The van der Waals surface area contributed by atoms with Crippen molar-refractivity contribution in [1.29, 1.82) is 0 Å². The van der Waals surface area contributed by atoms with Gasteiger partial charge in [0.25, 0.3) is 0 Å². The molecule has 3 heteroatoms. The van der Waals surface area contributed by atoms with Gasteiger partial charge in [-0.2, -0.15) is 0 Å². The molecule has 0 radical (unpaired) electrons. The van der Waals surface area contributed by atoms with Crippen LogP contribution in [0, 0.1) is 0 Å². The Morgan fingerprint density at radius 2 is 2.00 bits per heavy atom. The third-order valence-corrected chi connectivity index (χ3v) is 3.46. The first-order chi connectivity index (χ1) is 6.66. The second-order valence-corrected chi connectivity index (χ2v) is 4.57. The van der Waals surface area contributed by atoms with Gasteiger partial charge in [-0.1, -0.05) is 26.2 Å². The second-order valence-electron chi connectivity index (χ2n) is 4.22. The van der Waals surface area contributed by atoms with Crippen molar-refractivity contribution in [1.82, 2.24) is 4.90 Å². The van der Waals surface area contributed by atoms with Crippen LogP contribution in [0.2, 0.25) is 0 Å². The second kappa shape index (κ2) is 5.54. The summed E-state index contributed by atoms with van der Waals surface area (Å²) in [4.78, 5) is 13.3. The first-order valence-corrected chi connectivity index (χ1v) is 6.07. The van der Waals surface area contributed by atoms with Gasteiger partial charge < -0.3 is 22.3 Å². The van der Waals surface area contributed by atoms with Crippen LogP contribution in [0.25, 0.3) is 0 Å². The maximum absolute atomic E-state index is 11.4. The average molecular weight is 214 g/mol. The highest BCUT2D eigenvalue weighted by molar-refractivity contribution is 7.76. The minimum absolute atomic E-state index is 0.161. The molecule has 0 saturated heterocycles. The van der Waals surface area contributed by atoms with Crippen LogP contribution >= 0.6 is 0 Å². The smallest absolute Gasteiger partial charge is 0.101 e. The third-order valence-electron chi connectivity index (χ3n) is 3.24. The summed E-state index contributed by atoms with van der Waals surface area (Å²) < 4.78 is 0. The van der Waals surface area contributed by atoms with Gasteiger partial charge in [0.05, 0.1) is 0 Å². The van der Waals surface area contributed by atoms with Crippen molar-refractivity contribution >= 4 is 17.9 Å². The van der Waals surface area contributed by atoms with E-state index in [2.05, 4.69) is 13.8 Å². The van der Waals surface area contributed by atoms with Crippen molar-refractivity contribution in [2.24, 2.45) is 0 Å². The summed E-state index contributed by atoms with van der Waals surface area (Å²) >= 11 is 4.81. The van der Waals surface area contributed by atoms with E-state index in [1.807, 2.05) is 4.90 Å². The lowest BCUT2D eigenvalue weighted by molar-refractivity contribution is 0.147. The van der Waals surface area contributed by atoms with E-state index >= 15 is 0 Å². The molecule has 0 aromatic heterocycles. The number of carbonyl (C=O) groups is 1. The predicted octanol–water partition coefficient (Wildman–Crippen LogP) is 3.09. The third kappa shape index (κ3) is 2.84. The minimum Gasteiger partial charge on any atom is -0.719 e. The molecule has 1 amide bonds. The van der Waals surface area contributed by atoms with Gasteiger partial charge in [0.2, 0.25) is 0 Å². The molecule has 1 rings (SSSR count). The van der Waals surface area contributed by atoms with Crippen LogP contribution in [0.5, 0.6) is 0 Å². The van der Waals surface area contributed by atoms with Crippen molar-refractivity contribution in [3.8, 4) is 0 Å². The Bertz CT molecular complexity index is 190. The van der Waals surface area contributed by atoms with Gasteiger partial charge in [-0.05, 0) is 26.2 Å². The van der Waals surface area contributed by atoms with Crippen molar-refractivity contribution in [3.05, 3.63) is 0 Å². The zero-order chi connectivity index (χ0) is 10.6. The summed E-state index contributed by atoms with van der Waals surface area (Å²) in [5.74, 6) is 0. The summed E-state index contributed by atoms with van der Waals surface area (Å²) in [6, 6.07) is 0.729. The maximum atomic E-state index is 11.4. The molecule has 2 nitrogen and oxygen atoms in total. The van der Waals surface area contributed by atoms with Gasteiger partial charge >= 0.3 is 0 Å². The number of nitrogens with zero attached hydrogens (tertiary/aromatic N) is 1. The highest BCUT2D eigenvalue weighted by atomic mass is 32.1. The lowest BCUT2D eigenvalue weighted by Gasteiger charge is -2.41. The summed E-state index contributed by atoms with van der Waals surface area (Å²) in [6.45, 7) is 4.21. The zero-order valence-electron chi connectivity index (χ0n) is 9.16. The Labute approximate surface area is 92.5 Å². The molecule has 0 aromatic carbocycles. The molecule has 1 aliphatic rings. The van der Waals surface area contributed by atoms with Crippen LogP contribution in [0.3, 0.4) is 0 Å². The quantitative estimate of drug-likeness (QED) is 0.673. The van der Waals surface area contributed by atoms with Crippen molar-refractivity contribution < 1.29 is 4.79 Å². The summed E-state index contributed by atoms with van der Waals surface area (Å²) in [7, 11) is 0. The number of rotatable bonds is 3. The number of hydrogen-bond acceptors (Lipinski definition) is 2. The Balaban J connectivity index is 2.60. The van der Waals surface area contributed by atoms with Crippen LogP contribution in [0.1, 0.15) is 52.4 Å². The van der Waals surface area contributed by atoms with Crippen molar-refractivity contribution in [2.75, 3.05) is 0 Å². The number of hydrogen-bond donors (Lipinski definition) is 0. The molecule has 1 atom stereocenters. The molecule has 0 aliphatic heterocycles. The van der Waals surface area contributed by atoms with Crippen LogP contribution in [0.4, 0.5) is 4.79 Å². The van der Waals surface area contributed by atoms with Gasteiger partial charge in [0.1, 0.15) is 5.24 Å². The normalized spacial score (nSPS) is 20.4. The highest BCUT2D eigenvalue weighted by Crippen LogP contribution is 2.25. The molecule has 0 bridgehead atoms. The fraction of sp³-hybridized carbons (Fsp3) is 0.909. The highest BCUT2D eigenvalue weighted by Gasteiger charge is 2.23. The van der Waals surface area contributed by atoms with E-state index in [0.29, 0.717) is 12.1 Å². The molecule has 1 fully saturated rings. The van der Waals surface area contributed by atoms with E-state index in [1.165, 1.54) is 19.3 Å². The standard InChI is InChI=1S/C11H21NOS/c1-3-9(2)12(11(13)14)10-7-5-4-6-8-10/h9-10H,3-8H2,1-2H3,(H,13,14)/p-1/t9-/m0/s1. The van der Waals surface area contributed by atoms with Crippen LogP contribution < -0.4 is 0 Å². The first kappa shape index (κ1) is 11.8. The molecule has 1 aliphatic carbocycles. The maximum Gasteiger partial charge on any atom is 0.101 e. The zero-order valence-corrected chi connectivity index (χ0v) is 9.98. The average Bonchev–Trinajstić information content (AvgIpc) is 2.19. The minimum atomic E-state index is -0.161. The molecule has 14 heavy (non-hydrogen) atoms. The SMILES string of the molecule is CC[C@H](C)N(C(=O)[S-])C1CCCCC1. The Morgan fingerprint density at radius 1 is 1.43 bits per heavy atom. The van der Waals surface area contributed by atoms with E-state index in [1.54, 1.807) is 0 Å². The van der Waals surface area contributed by atoms with E-state index in [0.717, 1.165) is 19.3 Å². The fourth-order valence-electron chi connectivity index (χ4n) is 2.24.